The van der Waals surface area contributed by atoms with Crippen molar-refractivity contribution in [3.63, 3.8) is 0 Å². The van der Waals surface area contributed by atoms with E-state index in [1.54, 1.807) is 7.11 Å². The van der Waals surface area contributed by atoms with Crippen molar-refractivity contribution in [2.24, 2.45) is 4.99 Å². The molecule has 2 aromatic rings. The van der Waals surface area contributed by atoms with Gasteiger partial charge in [0.15, 0.2) is 5.96 Å². The summed E-state index contributed by atoms with van der Waals surface area (Å²) in [6.45, 7) is 5.06. The van der Waals surface area contributed by atoms with Crippen molar-refractivity contribution >= 4 is 11.6 Å². The second-order valence-corrected chi connectivity index (χ2v) is 7.01. The Kier molecular flexibility index (Phi) is 6.58. The zero-order valence-electron chi connectivity index (χ0n) is 16.5. The number of aliphatic imine (C=N–C) groups is 1. The molecule has 2 N–H and O–H groups in total. The molecule has 1 aliphatic heterocycles. The van der Waals surface area contributed by atoms with Gasteiger partial charge in [0.2, 0.25) is 0 Å². The van der Waals surface area contributed by atoms with Gasteiger partial charge in [-0.05, 0) is 30.2 Å². The predicted molar refractivity (Wildman–Crippen MR) is 113 cm³/mol. The van der Waals surface area contributed by atoms with Crippen molar-refractivity contribution in [3.8, 4) is 5.75 Å². The number of ether oxygens (including phenoxy) is 1. The highest BCUT2D eigenvalue weighted by Gasteiger charge is 2.23. The molecular weight excluding hydrogens is 336 g/mol. The van der Waals surface area contributed by atoms with Crippen molar-refractivity contribution in [2.75, 3.05) is 38.7 Å². The lowest BCUT2D eigenvalue weighted by molar-refractivity contribution is 0.406. The van der Waals surface area contributed by atoms with Crippen LogP contribution in [0.2, 0.25) is 0 Å². The van der Waals surface area contributed by atoms with Crippen LogP contribution in [0.3, 0.4) is 0 Å². The Morgan fingerprint density at radius 1 is 1.19 bits per heavy atom. The summed E-state index contributed by atoms with van der Waals surface area (Å²) in [7, 11) is 3.55. The zero-order chi connectivity index (χ0) is 19.1. The molecule has 1 fully saturated rings. The smallest absolute Gasteiger partial charge is 0.191 e. The van der Waals surface area contributed by atoms with Gasteiger partial charge >= 0.3 is 0 Å². The van der Waals surface area contributed by atoms with Crippen LogP contribution < -0.4 is 20.3 Å². The fourth-order valence-electron chi connectivity index (χ4n) is 3.57. The largest absolute Gasteiger partial charge is 0.496 e. The fourth-order valence-corrected chi connectivity index (χ4v) is 3.57. The van der Waals surface area contributed by atoms with Gasteiger partial charge in [-0.2, -0.15) is 0 Å². The molecule has 27 heavy (non-hydrogen) atoms. The highest BCUT2D eigenvalue weighted by molar-refractivity contribution is 5.80. The molecule has 2 unspecified atom stereocenters. The summed E-state index contributed by atoms with van der Waals surface area (Å²) >= 11 is 0. The normalized spacial score (nSPS) is 18.3. The second kappa shape index (κ2) is 9.31. The lowest BCUT2D eigenvalue weighted by Crippen LogP contribution is -2.45. The van der Waals surface area contributed by atoms with Gasteiger partial charge in [0, 0.05) is 44.3 Å². The number of para-hydroxylation sites is 2. The van der Waals surface area contributed by atoms with E-state index in [1.807, 2.05) is 19.2 Å². The summed E-state index contributed by atoms with van der Waals surface area (Å²) in [5.74, 6) is 2.12. The zero-order valence-corrected chi connectivity index (χ0v) is 16.5. The van der Waals surface area contributed by atoms with E-state index in [9.17, 15) is 0 Å². The molecule has 0 aliphatic carbocycles. The number of nitrogens with zero attached hydrogens (tertiary/aromatic N) is 2. The van der Waals surface area contributed by atoms with Crippen molar-refractivity contribution < 1.29 is 4.74 Å². The van der Waals surface area contributed by atoms with Crippen LogP contribution in [0.15, 0.2) is 59.6 Å². The van der Waals surface area contributed by atoms with Crippen molar-refractivity contribution in [3.05, 3.63) is 60.2 Å². The van der Waals surface area contributed by atoms with Crippen LogP contribution in [0, 0.1) is 0 Å². The van der Waals surface area contributed by atoms with Crippen molar-refractivity contribution in [1.82, 2.24) is 10.6 Å². The van der Waals surface area contributed by atoms with Gasteiger partial charge in [-0.1, -0.05) is 43.3 Å². The second-order valence-electron chi connectivity index (χ2n) is 7.01. The van der Waals surface area contributed by atoms with E-state index in [0.29, 0.717) is 12.0 Å². The number of hydrogen-bond acceptors (Lipinski definition) is 3. The minimum Gasteiger partial charge on any atom is -0.496 e. The topological polar surface area (TPSA) is 48.9 Å². The Balaban J connectivity index is 1.51. The standard InChI is InChI=1S/C22H30N4O/c1-17(20-11-7-8-12-21(20)27-3)15-24-22(23-2)25-18-13-14-26(16-18)19-9-5-4-6-10-19/h4-12,17-18H,13-16H2,1-3H3,(H2,23,24,25). The molecule has 1 heterocycles. The first-order chi connectivity index (χ1) is 13.2. The van der Waals surface area contributed by atoms with Gasteiger partial charge in [0.25, 0.3) is 0 Å². The quantitative estimate of drug-likeness (QED) is 0.609. The summed E-state index contributed by atoms with van der Waals surface area (Å²) in [6, 6.07) is 19.2. The van der Waals surface area contributed by atoms with E-state index in [2.05, 4.69) is 69.9 Å². The molecule has 5 nitrogen and oxygen atoms in total. The molecule has 0 saturated carbocycles. The number of methoxy groups -OCH3 is 1. The first-order valence-electron chi connectivity index (χ1n) is 9.61. The molecule has 2 atom stereocenters. The highest BCUT2D eigenvalue weighted by atomic mass is 16.5. The molecule has 1 aliphatic rings. The summed E-state index contributed by atoms with van der Waals surface area (Å²) in [4.78, 5) is 6.82. The molecule has 0 radical (unpaired) electrons. The Labute approximate surface area is 162 Å². The predicted octanol–water partition coefficient (Wildman–Crippen LogP) is 3.24. The van der Waals surface area contributed by atoms with E-state index in [0.717, 1.165) is 37.8 Å². The third-order valence-corrected chi connectivity index (χ3v) is 5.12. The maximum absolute atomic E-state index is 5.48. The molecule has 144 valence electrons. The minimum atomic E-state index is 0.323. The molecule has 3 rings (SSSR count). The Morgan fingerprint density at radius 3 is 2.67 bits per heavy atom. The van der Waals surface area contributed by atoms with E-state index in [-0.39, 0.29) is 0 Å². The molecule has 1 saturated heterocycles. The SMILES string of the molecule is CN=C(NCC(C)c1ccccc1OC)NC1CCN(c2ccccc2)C1. The minimum absolute atomic E-state index is 0.323. The van der Waals surface area contributed by atoms with Crippen LogP contribution >= 0.6 is 0 Å². The van der Waals surface area contributed by atoms with Crippen molar-refractivity contribution in [2.45, 2.75) is 25.3 Å². The fraction of sp³-hybridized carbons (Fsp3) is 0.409. The Hall–Kier alpha value is -2.69. The summed E-state index contributed by atoms with van der Waals surface area (Å²) in [5, 5.41) is 7.03. The monoisotopic (exact) mass is 366 g/mol. The first-order valence-corrected chi connectivity index (χ1v) is 9.61. The van der Waals surface area contributed by atoms with Gasteiger partial charge in [0.1, 0.15) is 5.75 Å². The third-order valence-electron chi connectivity index (χ3n) is 5.12. The van der Waals surface area contributed by atoms with E-state index in [1.165, 1.54) is 11.3 Å². The van der Waals surface area contributed by atoms with Crippen LogP contribution in [-0.4, -0.2) is 45.8 Å². The molecule has 0 amide bonds. The molecule has 2 aromatic carbocycles. The average molecular weight is 367 g/mol. The highest BCUT2D eigenvalue weighted by Crippen LogP contribution is 2.25. The van der Waals surface area contributed by atoms with Crippen molar-refractivity contribution in [1.29, 1.82) is 0 Å². The molecule has 0 bridgehead atoms. The van der Waals surface area contributed by atoms with Crippen LogP contribution in [0.5, 0.6) is 5.75 Å². The van der Waals surface area contributed by atoms with E-state index in [4.69, 9.17) is 4.74 Å². The van der Waals surface area contributed by atoms with Crippen LogP contribution in [0.1, 0.15) is 24.8 Å². The van der Waals surface area contributed by atoms with E-state index < -0.39 is 0 Å². The number of anilines is 1. The van der Waals surface area contributed by atoms with Gasteiger partial charge in [-0.3, -0.25) is 4.99 Å². The number of rotatable bonds is 6. The molecule has 0 spiro atoms. The van der Waals surface area contributed by atoms with E-state index >= 15 is 0 Å². The van der Waals surface area contributed by atoms with Gasteiger partial charge < -0.3 is 20.3 Å². The molecule has 0 aromatic heterocycles. The Bertz CT molecular complexity index is 747. The molecule has 5 heteroatoms. The maximum atomic E-state index is 5.48. The average Bonchev–Trinajstić information content (AvgIpc) is 3.20. The number of nitrogens with one attached hydrogen (secondary N) is 2. The summed E-state index contributed by atoms with van der Waals surface area (Å²) < 4.78 is 5.48. The van der Waals surface area contributed by atoms with Crippen LogP contribution in [0.25, 0.3) is 0 Å². The third kappa shape index (κ3) is 4.94. The summed E-state index contributed by atoms with van der Waals surface area (Å²) in [6.07, 6.45) is 1.11. The summed E-state index contributed by atoms with van der Waals surface area (Å²) in [5.41, 5.74) is 2.49. The Morgan fingerprint density at radius 2 is 1.93 bits per heavy atom. The van der Waals surface area contributed by atoms with Crippen LogP contribution in [0.4, 0.5) is 5.69 Å². The lowest BCUT2D eigenvalue weighted by atomic mass is 10.0. The van der Waals surface area contributed by atoms with Crippen LogP contribution in [-0.2, 0) is 0 Å². The number of guanidine groups is 1. The van der Waals surface area contributed by atoms with Gasteiger partial charge in [-0.15, -0.1) is 0 Å². The number of hydrogen-bond donors (Lipinski definition) is 2. The first kappa shape index (κ1) is 19.1. The van der Waals surface area contributed by atoms with Gasteiger partial charge in [0.05, 0.1) is 7.11 Å². The maximum Gasteiger partial charge on any atom is 0.191 e. The molecular formula is C22H30N4O. The van der Waals surface area contributed by atoms with Gasteiger partial charge in [-0.25, -0.2) is 0 Å². The number of benzene rings is 2. The lowest BCUT2D eigenvalue weighted by Gasteiger charge is -2.22.